The Morgan fingerprint density at radius 2 is 1.61 bits per heavy atom. The van der Waals surface area contributed by atoms with Gasteiger partial charge < -0.3 is 15.0 Å². The van der Waals surface area contributed by atoms with Crippen LogP contribution < -0.4 is 5.32 Å². The maximum atomic E-state index is 13.6. The zero-order valence-corrected chi connectivity index (χ0v) is 22.9. The van der Waals surface area contributed by atoms with Gasteiger partial charge in [0.15, 0.2) is 0 Å². The Labute approximate surface area is 202 Å². The number of ether oxygens (including phenoxy) is 1. The van der Waals surface area contributed by atoms with E-state index in [-0.39, 0.29) is 35.7 Å². The van der Waals surface area contributed by atoms with Crippen LogP contribution in [0.4, 0.5) is 0 Å². The fourth-order valence-corrected chi connectivity index (χ4v) is 4.27. The van der Waals surface area contributed by atoms with Crippen molar-refractivity contribution in [1.29, 1.82) is 0 Å². The highest BCUT2D eigenvalue weighted by atomic mass is 16.5. The molecule has 192 valence electrons. The standard InChI is InChI=1S/C27H50N2O4/c1-11-15-16-27(12-2,13-3)26(32)28-22(17-19(5)6)24(30)29(10)23(20(7)8)18-21(9)25(31)33-14-4/h18-20,22-23H,11-17H2,1-10H3,(H,28,32)/b21-18+/t22-,23+/m0/s1. The summed E-state index contributed by atoms with van der Waals surface area (Å²) in [4.78, 5) is 40.9. The second kappa shape index (κ2) is 15.1. The summed E-state index contributed by atoms with van der Waals surface area (Å²) in [5.74, 6) is -0.181. The number of rotatable bonds is 15. The molecule has 0 spiro atoms. The Hall–Kier alpha value is -1.85. The number of unbranched alkanes of at least 4 members (excludes halogenated alkanes) is 1. The SMILES string of the molecule is CCCCC(CC)(CC)C(=O)N[C@@H](CC(C)C)C(=O)N(C)[C@H](/C=C(\C)C(=O)OCC)C(C)C. The van der Waals surface area contributed by atoms with Gasteiger partial charge in [0.25, 0.3) is 0 Å². The van der Waals surface area contributed by atoms with Crippen LogP contribution >= 0.6 is 0 Å². The number of carbonyl (C=O) groups excluding carboxylic acids is 3. The largest absolute Gasteiger partial charge is 0.463 e. The summed E-state index contributed by atoms with van der Waals surface area (Å²) in [5.41, 5.74) is 0.0391. The van der Waals surface area contributed by atoms with E-state index in [2.05, 4.69) is 39.9 Å². The van der Waals surface area contributed by atoms with Crippen LogP contribution in [0.2, 0.25) is 0 Å². The van der Waals surface area contributed by atoms with E-state index in [1.54, 1.807) is 31.9 Å². The molecular formula is C27H50N2O4. The van der Waals surface area contributed by atoms with Crippen molar-refractivity contribution in [2.75, 3.05) is 13.7 Å². The van der Waals surface area contributed by atoms with Crippen LogP contribution in [0.3, 0.4) is 0 Å². The predicted molar refractivity (Wildman–Crippen MR) is 136 cm³/mol. The molecule has 0 saturated heterocycles. The summed E-state index contributed by atoms with van der Waals surface area (Å²) in [7, 11) is 1.76. The maximum Gasteiger partial charge on any atom is 0.333 e. The van der Waals surface area contributed by atoms with Crippen LogP contribution in [0.25, 0.3) is 0 Å². The Morgan fingerprint density at radius 3 is 2.03 bits per heavy atom. The molecule has 0 saturated carbocycles. The molecule has 0 aliphatic carbocycles. The zero-order valence-electron chi connectivity index (χ0n) is 22.9. The van der Waals surface area contributed by atoms with Gasteiger partial charge in [0.05, 0.1) is 12.6 Å². The molecule has 0 heterocycles. The summed E-state index contributed by atoms with van der Waals surface area (Å²) in [5, 5.41) is 3.13. The molecule has 0 aromatic rings. The van der Waals surface area contributed by atoms with Gasteiger partial charge in [-0.3, -0.25) is 9.59 Å². The number of carbonyl (C=O) groups is 3. The molecule has 0 aliphatic rings. The third-order valence-corrected chi connectivity index (χ3v) is 6.65. The Bertz CT molecular complexity index is 651. The average molecular weight is 467 g/mol. The van der Waals surface area contributed by atoms with Gasteiger partial charge in [0, 0.05) is 18.0 Å². The van der Waals surface area contributed by atoms with E-state index in [4.69, 9.17) is 4.74 Å². The first kappa shape index (κ1) is 31.1. The molecule has 33 heavy (non-hydrogen) atoms. The molecular weight excluding hydrogens is 416 g/mol. The van der Waals surface area contributed by atoms with Crippen LogP contribution in [-0.2, 0) is 19.1 Å². The van der Waals surface area contributed by atoms with E-state index < -0.39 is 11.5 Å². The molecule has 2 atom stereocenters. The molecule has 6 nitrogen and oxygen atoms in total. The topological polar surface area (TPSA) is 75.7 Å². The van der Waals surface area contributed by atoms with Gasteiger partial charge in [-0.1, -0.05) is 67.4 Å². The van der Waals surface area contributed by atoms with Crippen molar-refractivity contribution < 1.29 is 19.1 Å². The van der Waals surface area contributed by atoms with Crippen molar-refractivity contribution in [3.05, 3.63) is 11.6 Å². The first-order valence-corrected chi connectivity index (χ1v) is 12.8. The molecule has 0 bridgehead atoms. The van der Waals surface area contributed by atoms with E-state index in [9.17, 15) is 14.4 Å². The number of esters is 1. The molecule has 1 N–H and O–H groups in total. The summed E-state index contributed by atoms with van der Waals surface area (Å²) < 4.78 is 5.10. The van der Waals surface area contributed by atoms with E-state index in [1.165, 1.54) is 0 Å². The van der Waals surface area contributed by atoms with Crippen LogP contribution in [-0.4, -0.2) is 48.4 Å². The minimum absolute atomic E-state index is 0.0207. The Morgan fingerprint density at radius 1 is 1.03 bits per heavy atom. The highest BCUT2D eigenvalue weighted by molar-refractivity contribution is 5.91. The van der Waals surface area contributed by atoms with E-state index in [0.717, 1.165) is 32.1 Å². The van der Waals surface area contributed by atoms with Crippen molar-refractivity contribution in [3.8, 4) is 0 Å². The number of nitrogens with one attached hydrogen (secondary N) is 1. The van der Waals surface area contributed by atoms with Gasteiger partial charge in [-0.15, -0.1) is 0 Å². The lowest BCUT2D eigenvalue weighted by Crippen LogP contribution is -2.54. The Kier molecular flexibility index (Phi) is 14.3. The fourth-order valence-electron chi connectivity index (χ4n) is 4.27. The Balaban J connectivity index is 5.89. The minimum atomic E-state index is -0.598. The van der Waals surface area contributed by atoms with Gasteiger partial charge in [-0.2, -0.15) is 0 Å². The predicted octanol–water partition coefficient (Wildman–Crippen LogP) is 5.51. The number of likely N-dealkylation sites (N-methyl/N-ethyl adjacent to an activating group) is 1. The molecule has 6 heteroatoms. The third-order valence-electron chi connectivity index (χ3n) is 6.65. The summed E-state index contributed by atoms with van der Waals surface area (Å²) in [6.45, 7) is 18.2. The van der Waals surface area contributed by atoms with Crippen LogP contribution in [0.1, 0.15) is 101 Å². The van der Waals surface area contributed by atoms with Crippen molar-refractivity contribution in [2.45, 2.75) is 113 Å². The van der Waals surface area contributed by atoms with E-state index in [0.29, 0.717) is 18.6 Å². The fraction of sp³-hybridized carbons (Fsp3) is 0.815. The van der Waals surface area contributed by atoms with E-state index >= 15 is 0 Å². The lowest BCUT2D eigenvalue weighted by molar-refractivity contribution is -0.141. The minimum Gasteiger partial charge on any atom is -0.463 e. The third kappa shape index (κ3) is 9.50. The molecule has 0 radical (unpaired) electrons. The van der Waals surface area contributed by atoms with E-state index in [1.807, 2.05) is 13.8 Å². The number of hydrogen-bond donors (Lipinski definition) is 1. The monoisotopic (exact) mass is 466 g/mol. The van der Waals surface area contributed by atoms with Gasteiger partial charge in [-0.25, -0.2) is 4.79 Å². The molecule has 2 amide bonds. The maximum absolute atomic E-state index is 13.6. The van der Waals surface area contributed by atoms with Gasteiger partial charge >= 0.3 is 5.97 Å². The first-order valence-electron chi connectivity index (χ1n) is 12.8. The highest BCUT2D eigenvalue weighted by Crippen LogP contribution is 2.33. The quantitative estimate of drug-likeness (QED) is 0.255. The van der Waals surface area contributed by atoms with Gasteiger partial charge in [0.1, 0.15) is 6.04 Å². The summed E-state index contributed by atoms with van der Waals surface area (Å²) >= 11 is 0. The summed E-state index contributed by atoms with van der Waals surface area (Å²) in [6, 6.07) is -0.880. The molecule has 0 unspecified atom stereocenters. The molecule has 0 aromatic heterocycles. The van der Waals surface area contributed by atoms with Crippen LogP contribution in [0.15, 0.2) is 11.6 Å². The highest BCUT2D eigenvalue weighted by Gasteiger charge is 2.38. The molecule has 0 aliphatic heterocycles. The first-order chi connectivity index (χ1) is 15.4. The van der Waals surface area contributed by atoms with Crippen molar-refractivity contribution in [2.24, 2.45) is 17.3 Å². The molecule has 0 rings (SSSR count). The smallest absolute Gasteiger partial charge is 0.333 e. The molecule has 0 aromatic carbocycles. The van der Waals surface area contributed by atoms with Crippen molar-refractivity contribution in [1.82, 2.24) is 10.2 Å². The number of amides is 2. The van der Waals surface area contributed by atoms with Gasteiger partial charge in [-0.05, 0) is 51.4 Å². The summed E-state index contributed by atoms with van der Waals surface area (Å²) in [6.07, 6.45) is 6.74. The zero-order chi connectivity index (χ0) is 25.8. The number of hydrogen-bond acceptors (Lipinski definition) is 4. The number of nitrogens with zero attached hydrogens (tertiary/aromatic N) is 1. The van der Waals surface area contributed by atoms with Crippen molar-refractivity contribution in [3.63, 3.8) is 0 Å². The second-order valence-corrected chi connectivity index (χ2v) is 10.0. The normalized spacial score (nSPS) is 14.2. The lowest BCUT2D eigenvalue weighted by Gasteiger charge is -2.36. The van der Waals surface area contributed by atoms with Gasteiger partial charge in [0.2, 0.25) is 11.8 Å². The average Bonchev–Trinajstić information content (AvgIpc) is 2.76. The second-order valence-electron chi connectivity index (χ2n) is 10.0. The molecule has 0 fully saturated rings. The lowest BCUT2D eigenvalue weighted by atomic mass is 9.76. The van der Waals surface area contributed by atoms with Crippen LogP contribution in [0.5, 0.6) is 0 Å². The van der Waals surface area contributed by atoms with Crippen LogP contribution in [0, 0.1) is 17.3 Å². The van der Waals surface area contributed by atoms with Crippen molar-refractivity contribution >= 4 is 17.8 Å².